The van der Waals surface area contributed by atoms with Gasteiger partial charge in [0.1, 0.15) is 0 Å². The van der Waals surface area contributed by atoms with Gasteiger partial charge in [0.25, 0.3) is 0 Å². The number of nitrogens with two attached hydrogens (primary N) is 1. The van der Waals surface area contributed by atoms with Crippen molar-refractivity contribution in [1.82, 2.24) is 24.3 Å². The summed E-state index contributed by atoms with van der Waals surface area (Å²) >= 11 is 0. The Hall–Kier alpha value is -3.09. The maximum absolute atomic E-state index is 6.29. The van der Waals surface area contributed by atoms with E-state index >= 15 is 0 Å². The molecule has 37 heavy (non-hydrogen) atoms. The molecular formula is C31H38N6. The van der Waals surface area contributed by atoms with Gasteiger partial charge in [0, 0.05) is 48.8 Å². The van der Waals surface area contributed by atoms with Crippen molar-refractivity contribution in [3.05, 3.63) is 60.2 Å². The van der Waals surface area contributed by atoms with Gasteiger partial charge in [0.2, 0.25) is 0 Å². The second-order valence-electron chi connectivity index (χ2n) is 11.4. The summed E-state index contributed by atoms with van der Waals surface area (Å²) in [6.07, 6.45) is 6.95. The number of nitrogens with zero attached hydrogens (tertiary/aromatic N) is 4. The van der Waals surface area contributed by atoms with E-state index in [1.165, 1.54) is 46.1 Å². The summed E-state index contributed by atoms with van der Waals surface area (Å²) in [5.41, 5.74) is 15.0. The lowest BCUT2D eigenvalue weighted by Gasteiger charge is -2.34. The Balaban J connectivity index is 1.34. The number of rotatable bonds is 5. The van der Waals surface area contributed by atoms with Crippen molar-refractivity contribution in [2.45, 2.75) is 57.7 Å². The van der Waals surface area contributed by atoms with Crippen molar-refractivity contribution in [3.8, 4) is 11.5 Å². The van der Waals surface area contributed by atoms with E-state index in [-0.39, 0.29) is 6.04 Å². The lowest BCUT2D eigenvalue weighted by Crippen LogP contribution is -2.41. The monoisotopic (exact) mass is 494 g/mol. The third-order valence-corrected chi connectivity index (χ3v) is 8.86. The molecule has 0 aliphatic carbocycles. The van der Waals surface area contributed by atoms with Crippen LogP contribution in [0.25, 0.3) is 39.2 Å². The predicted octanol–water partition coefficient (Wildman–Crippen LogP) is 5.00. The molecule has 2 saturated heterocycles. The van der Waals surface area contributed by atoms with Crippen LogP contribution in [-0.4, -0.2) is 51.2 Å². The highest BCUT2D eigenvalue weighted by molar-refractivity contribution is 5.90. The number of nitrogens with one attached hydrogen (secondary N) is 1. The molecule has 7 rings (SSSR count). The molecule has 0 radical (unpaired) electrons. The lowest BCUT2D eigenvalue weighted by atomic mass is 9.98. The average molecular weight is 495 g/mol. The zero-order valence-corrected chi connectivity index (χ0v) is 21.8. The summed E-state index contributed by atoms with van der Waals surface area (Å²) in [6.45, 7) is 10.8. The topological polar surface area (TPSA) is 64.0 Å². The summed E-state index contributed by atoms with van der Waals surface area (Å²) in [5.74, 6) is 1.81. The van der Waals surface area contributed by atoms with E-state index in [0.717, 1.165) is 82.0 Å². The highest BCUT2D eigenvalue weighted by Gasteiger charge is 2.26. The van der Waals surface area contributed by atoms with E-state index in [0.29, 0.717) is 5.92 Å². The summed E-state index contributed by atoms with van der Waals surface area (Å²) in [4.78, 5) is 7.73. The Morgan fingerprint density at radius 1 is 1.05 bits per heavy atom. The van der Waals surface area contributed by atoms with Crippen LogP contribution in [0.1, 0.15) is 43.2 Å². The largest absolute Gasteiger partial charge is 0.370 e. The maximum atomic E-state index is 6.29. The molecule has 192 valence electrons. The van der Waals surface area contributed by atoms with Gasteiger partial charge in [-0.2, -0.15) is 0 Å². The van der Waals surface area contributed by atoms with Gasteiger partial charge in [-0.25, -0.2) is 4.98 Å². The summed E-state index contributed by atoms with van der Waals surface area (Å²) in [7, 11) is 0. The minimum atomic E-state index is 0.236. The Kier molecular flexibility index (Phi) is 5.82. The molecule has 3 aliphatic heterocycles. The van der Waals surface area contributed by atoms with Gasteiger partial charge in [0.15, 0.2) is 5.82 Å². The highest BCUT2D eigenvalue weighted by atomic mass is 15.2. The molecule has 6 heteroatoms. The quantitative estimate of drug-likeness (QED) is 0.410. The minimum Gasteiger partial charge on any atom is -0.370 e. The molecule has 1 atom stereocenters. The Morgan fingerprint density at radius 3 is 2.78 bits per heavy atom. The molecule has 1 unspecified atom stereocenters. The molecule has 0 bridgehead atoms. The molecule has 0 spiro atoms. The van der Waals surface area contributed by atoms with Crippen LogP contribution in [0.3, 0.4) is 0 Å². The number of piperidine rings is 2. The van der Waals surface area contributed by atoms with E-state index in [4.69, 9.17) is 10.7 Å². The first-order valence-corrected chi connectivity index (χ1v) is 14.2. The maximum Gasteiger partial charge on any atom is 0.157 e. The summed E-state index contributed by atoms with van der Waals surface area (Å²) in [5, 5.41) is 4.83. The van der Waals surface area contributed by atoms with E-state index in [2.05, 4.69) is 68.4 Å². The van der Waals surface area contributed by atoms with Gasteiger partial charge in [0.05, 0.1) is 16.7 Å². The summed E-state index contributed by atoms with van der Waals surface area (Å²) < 4.78 is 5.05. The molecule has 6 nitrogen and oxygen atoms in total. The first kappa shape index (κ1) is 23.1. The molecule has 2 aromatic heterocycles. The van der Waals surface area contributed by atoms with Crippen LogP contribution in [0.15, 0.2) is 49.0 Å². The summed E-state index contributed by atoms with van der Waals surface area (Å²) in [6, 6.07) is 16.1. The average Bonchev–Trinajstić information content (AvgIpc) is 3.48. The number of imidazole rings is 1. The Bertz CT molecular complexity index is 1470. The van der Waals surface area contributed by atoms with E-state index < -0.39 is 0 Å². The van der Waals surface area contributed by atoms with Crippen LogP contribution >= 0.6 is 0 Å². The van der Waals surface area contributed by atoms with Crippen molar-refractivity contribution in [1.29, 1.82) is 0 Å². The smallest absolute Gasteiger partial charge is 0.157 e. The lowest BCUT2D eigenvalue weighted by molar-refractivity contribution is 0.296. The molecule has 0 amide bonds. The highest BCUT2D eigenvalue weighted by Crippen LogP contribution is 2.37. The van der Waals surface area contributed by atoms with E-state index in [9.17, 15) is 0 Å². The number of aryl methyl sites for hydroxylation is 2. The number of benzene rings is 2. The molecule has 2 fully saturated rings. The second kappa shape index (κ2) is 9.34. The van der Waals surface area contributed by atoms with Crippen LogP contribution in [0, 0.1) is 5.92 Å². The van der Waals surface area contributed by atoms with Crippen LogP contribution in [-0.2, 0) is 19.5 Å². The fraction of sp³-hybridized carbons (Fsp3) is 0.452. The van der Waals surface area contributed by atoms with Gasteiger partial charge in [-0.05, 0) is 92.9 Å². The third-order valence-electron chi connectivity index (χ3n) is 8.86. The zero-order valence-electron chi connectivity index (χ0n) is 21.8. The Labute approximate surface area is 219 Å². The van der Waals surface area contributed by atoms with Crippen molar-refractivity contribution < 1.29 is 0 Å². The first-order valence-electron chi connectivity index (χ1n) is 14.2. The number of fused-ring (bicyclic) bond motifs is 1. The second-order valence-corrected chi connectivity index (χ2v) is 11.4. The minimum absolute atomic E-state index is 0.236. The van der Waals surface area contributed by atoms with E-state index in [1.54, 1.807) is 0 Å². The van der Waals surface area contributed by atoms with E-state index in [1.807, 2.05) is 0 Å². The zero-order chi connectivity index (χ0) is 24.9. The number of aromatic nitrogens is 3. The molecular weight excluding hydrogens is 456 g/mol. The van der Waals surface area contributed by atoms with Crippen molar-refractivity contribution >= 4 is 27.6 Å². The Morgan fingerprint density at radius 2 is 1.92 bits per heavy atom. The van der Waals surface area contributed by atoms with Gasteiger partial charge in [-0.15, -0.1) is 0 Å². The molecule has 3 aliphatic rings. The molecule has 5 heterocycles. The number of hydrogen-bond donors (Lipinski definition) is 2. The fourth-order valence-corrected chi connectivity index (χ4v) is 6.91. The first-order chi connectivity index (χ1) is 18.2. The van der Waals surface area contributed by atoms with Gasteiger partial charge < -0.3 is 25.1 Å². The van der Waals surface area contributed by atoms with Gasteiger partial charge in [-0.1, -0.05) is 24.8 Å². The standard InChI is InChI=1S/C31H38N6/c1-21(35-14-5-8-26(32)20-35)25-16-24-7-4-15-36-30(24)27(17-25)34-31(36)29-18-23-6-2-3-9-28(23)37(29)19-22-10-12-33-13-11-22/h2-3,6,9,16-18,22,26,33H,1,4-5,7-8,10-15,19-20,32H2. The van der Waals surface area contributed by atoms with Gasteiger partial charge >= 0.3 is 0 Å². The number of likely N-dealkylation sites (tertiary alicyclic amines) is 1. The molecule has 2 aromatic carbocycles. The van der Waals surface area contributed by atoms with Crippen LogP contribution in [0.5, 0.6) is 0 Å². The van der Waals surface area contributed by atoms with Crippen molar-refractivity contribution in [3.63, 3.8) is 0 Å². The number of para-hydroxylation sites is 1. The van der Waals surface area contributed by atoms with Crippen LogP contribution in [0.4, 0.5) is 0 Å². The molecule has 0 saturated carbocycles. The SMILES string of the molecule is C=C(c1cc2c3c(c1)nc(-c1cc4ccccc4n1CC1CCNCC1)n3CCC2)N1CCCC(N)C1. The third kappa shape index (κ3) is 4.07. The van der Waals surface area contributed by atoms with Crippen LogP contribution < -0.4 is 11.1 Å². The molecule has 4 aromatic rings. The number of hydrogen-bond acceptors (Lipinski definition) is 4. The normalized spacial score (nSPS) is 20.7. The van der Waals surface area contributed by atoms with Crippen molar-refractivity contribution in [2.24, 2.45) is 11.7 Å². The van der Waals surface area contributed by atoms with Crippen molar-refractivity contribution in [2.75, 3.05) is 26.2 Å². The predicted molar refractivity (Wildman–Crippen MR) is 152 cm³/mol. The molecule has 3 N–H and O–H groups in total. The van der Waals surface area contributed by atoms with Crippen LogP contribution in [0.2, 0.25) is 0 Å². The van der Waals surface area contributed by atoms with Gasteiger partial charge in [-0.3, -0.25) is 0 Å². The fourth-order valence-electron chi connectivity index (χ4n) is 6.91.